The fraction of sp³-hybridized carbons (Fsp3) is 0.500. The van der Waals surface area contributed by atoms with Crippen LogP contribution < -0.4 is 5.32 Å². The van der Waals surface area contributed by atoms with Crippen molar-refractivity contribution in [3.05, 3.63) is 36.0 Å². The fourth-order valence-corrected chi connectivity index (χ4v) is 5.60. The first kappa shape index (κ1) is 16.9. The molecule has 1 N–H and O–H groups in total. The molecule has 3 heterocycles. The van der Waals surface area contributed by atoms with E-state index in [4.69, 9.17) is 0 Å². The van der Waals surface area contributed by atoms with Crippen LogP contribution in [0.15, 0.2) is 35.4 Å². The number of nitrogens with zero attached hydrogens (tertiary/aromatic N) is 3. The Morgan fingerprint density at radius 3 is 2.76 bits per heavy atom. The summed E-state index contributed by atoms with van der Waals surface area (Å²) < 4.78 is 28.2. The minimum atomic E-state index is -3.50. The van der Waals surface area contributed by atoms with Crippen LogP contribution in [0.3, 0.4) is 0 Å². The zero-order valence-corrected chi connectivity index (χ0v) is 15.3. The van der Waals surface area contributed by atoms with Gasteiger partial charge in [0.2, 0.25) is 10.0 Å². The van der Waals surface area contributed by atoms with Crippen LogP contribution in [0.1, 0.15) is 12.0 Å². The van der Waals surface area contributed by atoms with Crippen LogP contribution in [-0.4, -0.2) is 67.9 Å². The number of sulfonamides is 1. The maximum absolute atomic E-state index is 13.3. The van der Waals surface area contributed by atoms with Gasteiger partial charge in [0.1, 0.15) is 0 Å². The lowest BCUT2D eigenvalue weighted by Crippen LogP contribution is -2.49. The summed E-state index contributed by atoms with van der Waals surface area (Å²) >= 11 is 0. The van der Waals surface area contributed by atoms with E-state index in [1.54, 1.807) is 22.6 Å². The largest absolute Gasteiger partial charge is 0.314 e. The second-order valence-corrected chi connectivity index (χ2v) is 8.78. The molecule has 0 bridgehead atoms. The van der Waals surface area contributed by atoms with Gasteiger partial charge in [-0.2, -0.15) is 4.31 Å². The van der Waals surface area contributed by atoms with E-state index in [0.29, 0.717) is 29.4 Å². The number of hydrogen-bond donors (Lipinski definition) is 1. The molecule has 25 heavy (non-hydrogen) atoms. The zero-order valence-electron chi connectivity index (χ0n) is 14.5. The molecule has 4 rings (SSSR count). The summed E-state index contributed by atoms with van der Waals surface area (Å²) in [4.78, 5) is 7.17. The minimum absolute atomic E-state index is 0.326. The lowest BCUT2D eigenvalue weighted by Gasteiger charge is -2.32. The van der Waals surface area contributed by atoms with Gasteiger partial charge in [-0.25, -0.2) is 8.42 Å². The van der Waals surface area contributed by atoms with E-state index in [2.05, 4.69) is 15.2 Å². The Bertz CT molecular complexity index is 878. The molecule has 2 aromatic rings. The Morgan fingerprint density at radius 1 is 1.16 bits per heavy atom. The Hall–Kier alpha value is -1.54. The third kappa shape index (κ3) is 3.06. The molecule has 1 aromatic heterocycles. The molecule has 2 saturated heterocycles. The highest BCUT2D eigenvalue weighted by Crippen LogP contribution is 2.29. The normalized spacial score (nSPS) is 23.3. The van der Waals surface area contributed by atoms with Gasteiger partial charge in [-0.05, 0) is 37.1 Å². The van der Waals surface area contributed by atoms with Gasteiger partial charge in [-0.1, -0.05) is 6.07 Å². The molecule has 1 atom stereocenters. The van der Waals surface area contributed by atoms with Crippen molar-refractivity contribution in [3.63, 3.8) is 0 Å². The average molecular weight is 360 g/mol. The maximum Gasteiger partial charge on any atom is 0.243 e. The molecule has 0 saturated carbocycles. The van der Waals surface area contributed by atoms with Crippen molar-refractivity contribution >= 4 is 20.9 Å². The summed E-state index contributed by atoms with van der Waals surface area (Å²) in [6.07, 6.45) is 2.61. The van der Waals surface area contributed by atoms with Crippen molar-refractivity contribution in [1.82, 2.24) is 19.5 Å². The molecule has 2 aliphatic rings. The van der Waals surface area contributed by atoms with Gasteiger partial charge in [0.05, 0.1) is 10.4 Å². The first-order valence-corrected chi connectivity index (χ1v) is 10.3. The molecular weight excluding hydrogens is 336 g/mol. The highest BCUT2D eigenvalue weighted by Gasteiger charge is 2.36. The van der Waals surface area contributed by atoms with E-state index in [1.165, 1.54) is 0 Å². The van der Waals surface area contributed by atoms with E-state index in [-0.39, 0.29) is 0 Å². The number of rotatable bonds is 3. The van der Waals surface area contributed by atoms with Crippen molar-refractivity contribution in [2.75, 3.05) is 39.3 Å². The van der Waals surface area contributed by atoms with E-state index in [1.807, 2.05) is 19.1 Å². The van der Waals surface area contributed by atoms with Gasteiger partial charge in [-0.15, -0.1) is 0 Å². The minimum Gasteiger partial charge on any atom is -0.314 e. The van der Waals surface area contributed by atoms with E-state index < -0.39 is 10.0 Å². The molecule has 6 nitrogen and oxygen atoms in total. The molecule has 0 spiro atoms. The van der Waals surface area contributed by atoms with Gasteiger partial charge >= 0.3 is 0 Å². The van der Waals surface area contributed by atoms with Crippen LogP contribution in [0.4, 0.5) is 0 Å². The number of benzene rings is 1. The van der Waals surface area contributed by atoms with E-state index >= 15 is 0 Å². The lowest BCUT2D eigenvalue weighted by molar-refractivity contribution is 0.179. The van der Waals surface area contributed by atoms with E-state index in [9.17, 15) is 8.42 Å². The predicted octanol–water partition coefficient (Wildman–Crippen LogP) is 1.21. The second kappa shape index (κ2) is 6.64. The Labute approximate surface area is 148 Å². The van der Waals surface area contributed by atoms with Crippen LogP contribution in [0.25, 0.3) is 10.9 Å². The number of hydrogen-bond acceptors (Lipinski definition) is 5. The first-order chi connectivity index (χ1) is 12.1. The quantitative estimate of drug-likeness (QED) is 0.891. The van der Waals surface area contributed by atoms with Crippen LogP contribution in [-0.2, 0) is 10.0 Å². The Morgan fingerprint density at radius 2 is 1.96 bits per heavy atom. The summed E-state index contributed by atoms with van der Waals surface area (Å²) in [5, 5.41) is 4.07. The van der Waals surface area contributed by atoms with Crippen molar-refractivity contribution < 1.29 is 8.42 Å². The first-order valence-electron chi connectivity index (χ1n) is 8.86. The van der Waals surface area contributed by atoms with Gasteiger partial charge in [0.25, 0.3) is 0 Å². The number of aryl methyl sites for hydroxylation is 1. The topological polar surface area (TPSA) is 65.5 Å². The van der Waals surface area contributed by atoms with Gasteiger partial charge in [-0.3, -0.25) is 9.88 Å². The number of pyridine rings is 1. The second-order valence-electron chi connectivity index (χ2n) is 6.87. The summed E-state index contributed by atoms with van der Waals surface area (Å²) in [7, 11) is -3.50. The van der Waals surface area contributed by atoms with Crippen LogP contribution >= 0.6 is 0 Å². The highest BCUT2D eigenvalue weighted by molar-refractivity contribution is 7.89. The molecule has 1 aromatic carbocycles. The molecule has 7 heteroatoms. The lowest BCUT2D eigenvalue weighted by atomic mass is 10.1. The summed E-state index contributed by atoms with van der Waals surface area (Å²) in [5.74, 6) is 0. The SMILES string of the molecule is Cc1ccc(S(=O)(=O)N2CCC(N3CCNCC3)C2)c2cccnc12. The van der Waals surface area contributed by atoms with Gasteiger partial charge < -0.3 is 5.32 Å². The predicted molar refractivity (Wildman–Crippen MR) is 98.1 cm³/mol. The molecule has 0 radical (unpaired) electrons. The van der Waals surface area contributed by atoms with Crippen LogP contribution in [0.5, 0.6) is 0 Å². The van der Waals surface area contributed by atoms with Crippen LogP contribution in [0, 0.1) is 6.92 Å². The number of aromatic nitrogens is 1. The Balaban J connectivity index is 1.63. The third-order valence-electron chi connectivity index (χ3n) is 5.34. The molecule has 134 valence electrons. The number of fused-ring (bicyclic) bond motifs is 1. The maximum atomic E-state index is 13.3. The summed E-state index contributed by atoms with van der Waals surface area (Å²) in [5.41, 5.74) is 1.76. The Kier molecular flexibility index (Phi) is 4.49. The van der Waals surface area contributed by atoms with E-state index in [0.717, 1.165) is 43.7 Å². The monoisotopic (exact) mass is 360 g/mol. The zero-order chi connectivity index (χ0) is 17.4. The van der Waals surface area contributed by atoms with Crippen molar-refractivity contribution in [2.45, 2.75) is 24.3 Å². The molecule has 0 aliphatic carbocycles. The highest BCUT2D eigenvalue weighted by atomic mass is 32.2. The third-order valence-corrected chi connectivity index (χ3v) is 7.27. The van der Waals surface area contributed by atoms with Crippen molar-refractivity contribution in [2.24, 2.45) is 0 Å². The molecule has 2 fully saturated rings. The standard InChI is InChI=1S/C18H24N4O2S/c1-14-4-5-17(16-3-2-7-20-18(14)16)25(23,24)22-10-6-15(13-22)21-11-8-19-9-12-21/h2-5,7,15,19H,6,8-13H2,1H3. The van der Waals surface area contributed by atoms with Gasteiger partial charge in [0.15, 0.2) is 0 Å². The number of nitrogens with one attached hydrogen (secondary N) is 1. The molecule has 1 unspecified atom stereocenters. The van der Waals surface area contributed by atoms with Crippen LogP contribution in [0.2, 0.25) is 0 Å². The smallest absolute Gasteiger partial charge is 0.243 e. The summed E-state index contributed by atoms with van der Waals surface area (Å²) in [6.45, 7) is 7.09. The number of piperazine rings is 1. The van der Waals surface area contributed by atoms with Gasteiger partial charge in [0, 0.05) is 56.9 Å². The molecule has 2 aliphatic heterocycles. The summed E-state index contributed by atoms with van der Waals surface area (Å²) in [6, 6.07) is 7.56. The van der Waals surface area contributed by atoms with Crippen molar-refractivity contribution in [1.29, 1.82) is 0 Å². The average Bonchev–Trinajstić information content (AvgIpc) is 3.14. The molecule has 0 amide bonds. The fourth-order valence-electron chi connectivity index (χ4n) is 3.93. The molecular formula is C18H24N4O2S. The van der Waals surface area contributed by atoms with Crippen molar-refractivity contribution in [3.8, 4) is 0 Å².